The zero-order chi connectivity index (χ0) is 14.0. The first kappa shape index (κ1) is 17.7. The molecule has 0 heteroatoms. The third kappa shape index (κ3) is 6.61. The van der Waals surface area contributed by atoms with Crippen LogP contribution < -0.4 is 0 Å². The summed E-state index contributed by atoms with van der Waals surface area (Å²) >= 11 is 0. The highest BCUT2D eigenvalue weighted by atomic mass is 14.3. The minimum Gasteiger partial charge on any atom is -0.0914 e. The van der Waals surface area contributed by atoms with E-state index in [0.717, 1.165) is 11.8 Å². The molecule has 0 aromatic rings. The van der Waals surface area contributed by atoms with Crippen LogP contribution in [-0.4, -0.2) is 0 Å². The Morgan fingerprint density at radius 3 is 2.06 bits per heavy atom. The Morgan fingerprint density at radius 1 is 1.00 bits per heavy atom. The molecular formula is C18H36. The number of hydrogen-bond donors (Lipinski definition) is 0. The maximum absolute atomic E-state index is 2.45. The monoisotopic (exact) mass is 252 g/mol. The third-order valence-electron chi connectivity index (χ3n) is 4.61. The van der Waals surface area contributed by atoms with Gasteiger partial charge in [-0.3, -0.25) is 0 Å². The topological polar surface area (TPSA) is 0 Å². The van der Waals surface area contributed by atoms with E-state index in [1.165, 1.54) is 44.9 Å². The predicted molar refractivity (Wildman–Crippen MR) is 84.9 cm³/mol. The molecule has 0 bridgehead atoms. The van der Waals surface area contributed by atoms with E-state index >= 15 is 0 Å². The second-order valence-corrected chi connectivity index (χ2v) is 6.48. The molecule has 0 fully saturated rings. The molecule has 1 atom stereocenters. The van der Waals surface area contributed by atoms with Crippen LogP contribution in [0.3, 0.4) is 0 Å². The lowest BCUT2D eigenvalue weighted by Crippen LogP contribution is -2.22. The summed E-state index contributed by atoms with van der Waals surface area (Å²) in [7, 11) is 0. The van der Waals surface area contributed by atoms with Crippen molar-refractivity contribution in [1.29, 1.82) is 0 Å². The minimum atomic E-state index is 0.467. The first-order valence-electron chi connectivity index (χ1n) is 8.14. The summed E-state index contributed by atoms with van der Waals surface area (Å²) in [6, 6.07) is 0. The molecule has 0 rings (SSSR count). The average molecular weight is 252 g/mol. The summed E-state index contributed by atoms with van der Waals surface area (Å²) in [5.74, 6) is 1.71. The Hall–Kier alpha value is -0.260. The van der Waals surface area contributed by atoms with Crippen molar-refractivity contribution in [3.8, 4) is 0 Å². The van der Waals surface area contributed by atoms with Crippen LogP contribution in [-0.2, 0) is 0 Å². The van der Waals surface area contributed by atoms with Gasteiger partial charge < -0.3 is 0 Å². The summed E-state index contributed by atoms with van der Waals surface area (Å²) in [4.78, 5) is 0. The summed E-state index contributed by atoms with van der Waals surface area (Å²) < 4.78 is 0. The van der Waals surface area contributed by atoms with Crippen LogP contribution in [0.4, 0.5) is 0 Å². The lowest BCUT2D eigenvalue weighted by molar-refractivity contribution is 0.216. The normalized spacial score (nSPS) is 14.6. The van der Waals surface area contributed by atoms with E-state index in [0.29, 0.717) is 5.41 Å². The maximum atomic E-state index is 2.45. The second-order valence-electron chi connectivity index (χ2n) is 6.48. The SMILES string of the molecule is C/C=C/C(CCCC(CC)CC)C(C)(C)CCC. The van der Waals surface area contributed by atoms with Gasteiger partial charge in [-0.1, -0.05) is 78.9 Å². The molecule has 0 spiro atoms. The standard InChI is InChI=1S/C18H36/c1-7-12-17(18(5,6)15-8-2)14-11-13-16(9-3)10-4/h7,12,16-17H,8-11,13-15H2,1-6H3/b12-7+. The van der Waals surface area contributed by atoms with E-state index in [-0.39, 0.29) is 0 Å². The molecule has 0 aliphatic heterocycles. The second kappa shape index (κ2) is 9.64. The first-order valence-corrected chi connectivity index (χ1v) is 8.14. The number of hydrogen-bond acceptors (Lipinski definition) is 0. The molecule has 0 aromatic heterocycles. The van der Waals surface area contributed by atoms with Crippen molar-refractivity contribution in [1.82, 2.24) is 0 Å². The van der Waals surface area contributed by atoms with Gasteiger partial charge in [-0.05, 0) is 37.0 Å². The van der Waals surface area contributed by atoms with Crippen molar-refractivity contribution in [2.75, 3.05) is 0 Å². The van der Waals surface area contributed by atoms with Crippen molar-refractivity contribution in [3.05, 3.63) is 12.2 Å². The molecule has 1 unspecified atom stereocenters. The molecule has 0 saturated heterocycles. The molecule has 0 aromatic carbocycles. The van der Waals surface area contributed by atoms with Crippen molar-refractivity contribution in [2.24, 2.45) is 17.3 Å². The molecule has 0 aliphatic rings. The van der Waals surface area contributed by atoms with Crippen molar-refractivity contribution >= 4 is 0 Å². The number of rotatable bonds is 10. The fraction of sp³-hybridized carbons (Fsp3) is 0.889. The van der Waals surface area contributed by atoms with Crippen LogP contribution in [0.25, 0.3) is 0 Å². The zero-order valence-electron chi connectivity index (χ0n) is 13.8. The molecule has 0 nitrogen and oxygen atoms in total. The fourth-order valence-electron chi connectivity index (χ4n) is 3.13. The molecule has 18 heavy (non-hydrogen) atoms. The quantitative estimate of drug-likeness (QED) is 0.384. The number of allylic oxidation sites excluding steroid dienone is 2. The van der Waals surface area contributed by atoms with Gasteiger partial charge in [0.05, 0.1) is 0 Å². The molecule has 0 amide bonds. The Bertz CT molecular complexity index is 208. The predicted octanol–water partition coefficient (Wildman–Crippen LogP) is 6.61. The van der Waals surface area contributed by atoms with Crippen LogP contribution in [0.15, 0.2) is 12.2 Å². The van der Waals surface area contributed by atoms with Gasteiger partial charge in [-0.15, -0.1) is 0 Å². The van der Waals surface area contributed by atoms with Crippen LogP contribution in [0.5, 0.6) is 0 Å². The third-order valence-corrected chi connectivity index (χ3v) is 4.61. The Labute approximate surface area is 116 Å². The van der Waals surface area contributed by atoms with Crippen LogP contribution in [0.1, 0.15) is 86.5 Å². The summed E-state index contributed by atoms with van der Waals surface area (Å²) in [5.41, 5.74) is 0.467. The lowest BCUT2D eigenvalue weighted by atomic mass is 9.73. The van der Waals surface area contributed by atoms with Gasteiger partial charge in [0.25, 0.3) is 0 Å². The van der Waals surface area contributed by atoms with Gasteiger partial charge in [0, 0.05) is 0 Å². The summed E-state index contributed by atoms with van der Waals surface area (Å²) in [6.07, 6.45) is 14.2. The Balaban J connectivity index is 4.28. The largest absolute Gasteiger partial charge is 0.0914 e. The molecule has 0 saturated carbocycles. The molecule has 0 radical (unpaired) electrons. The van der Waals surface area contributed by atoms with E-state index in [1.54, 1.807) is 0 Å². The van der Waals surface area contributed by atoms with E-state index in [2.05, 4.69) is 53.7 Å². The highest BCUT2D eigenvalue weighted by Gasteiger charge is 2.26. The molecule has 108 valence electrons. The maximum Gasteiger partial charge on any atom is -0.0182 e. The van der Waals surface area contributed by atoms with Crippen LogP contribution in [0, 0.1) is 17.3 Å². The zero-order valence-corrected chi connectivity index (χ0v) is 13.8. The van der Waals surface area contributed by atoms with E-state index in [9.17, 15) is 0 Å². The van der Waals surface area contributed by atoms with Gasteiger partial charge in [0.1, 0.15) is 0 Å². The fourth-order valence-corrected chi connectivity index (χ4v) is 3.13. The van der Waals surface area contributed by atoms with Gasteiger partial charge in [-0.2, -0.15) is 0 Å². The van der Waals surface area contributed by atoms with Crippen molar-refractivity contribution in [3.63, 3.8) is 0 Å². The molecule has 0 aliphatic carbocycles. The van der Waals surface area contributed by atoms with E-state index < -0.39 is 0 Å². The van der Waals surface area contributed by atoms with Gasteiger partial charge >= 0.3 is 0 Å². The van der Waals surface area contributed by atoms with Gasteiger partial charge in [0.2, 0.25) is 0 Å². The minimum absolute atomic E-state index is 0.467. The first-order chi connectivity index (χ1) is 8.51. The smallest absolute Gasteiger partial charge is 0.0182 e. The Morgan fingerprint density at radius 2 is 1.61 bits per heavy atom. The molecule has 0 heterocycles. The summed E-state index contributed by atoms with van der Waals surface area (Å²) in [5, 5.41) is 0. The molecule has 0 N–H and O–H groups in total. The highest BCUT2D eigenvalue weighted by Crippen LogP contribution is 2.36. The van der Waals surface area contributed by atoms with Crippen LogP contribution in [0.2, 0.25) is 0 Å². The highest BCUT2D eigenvalue weighted by molar-refractivity contribution is 4.93. The lowest BCUT2D eigenvalue weighted by Gasteiger charge is -2.33. The average Bonchev–Trinajstić information content (AvgIpc) is 2.33. The van der Waals surface area contributed by atoms with Gasteiger partial charge in [-0.25, -0.2) is 0 Å². The van der Waals surface area contributed by atoms with Crippen molar-refractivity contribution < 1.29 is 0 Å². The van der Waals surface area contributed by atoms with Gasteiger partial charge in [0.15, 0.2) is 0 Å². The van der Waals surface area contributed by atoms with E-state index in [4.69, 9.17) is 0 Å². The molecular weight excluding hydrogens is 216 g/mol. The van der Waals surface area contributed by atoms with Crippen molar-refractivity contribution in [2.45, 2.75) is 86.5 Å². The Kier molecular flexibility index (Phi) is 9.50. The van der Waals surface area contributed by atoms with Crippen LogP contribution >= 0.6 is 0 Å². The summed E-state index contributed by atoms with van der Waals surface area (Å²) in [6.45, 7) is 14.0. The van der Waals surface area contributed by atoms with E-state index in [1.807, 2.05) is 0 Å².